The van der Waals surface area contributed by atoms with Crippen molar-refractivity contribution in [3.8, 4) is 0 Å². The molecule has 0 saturated heterocycles. The number of methoxy groups -OCH3 is 1. The van der Waals surface area contributed by atoms with Gasteiger partial charge in [0.15, 0.2) is 5.78 Å². The van der Waals surface area contributed by atoms with Gasteiger partial charge in [0.05, 0.1) is 12.2 Å². The molecule has 2 atom stereocenters. The minimum absolute atomic E-state index is 0.00557. The van der Waals surface area contributed by atoms with Crippen LogP contribution >= 0.6 is 0 Å². The van der Waals surface area contributed by atoms with E-state index in [0.29, 0.717) is 29.6 Å². The highest BCUT2D eigenvalue weighted by molar-refractivity contribution is 5.96. The Morgan fingerprint density at radius 1 is 0.957 bits per heavy atom. The van der Waals surface area contributed by atoms with Crippen molar-refractivity contribution in [2.45, 2.75) is 39.0 Å². The van der Waals surface area contributed by atoms with Gasteiger partial charge in [0, 0.05) is 19.3 Å². The third kappa shape index (κ3) is 5.47. The molecule has 2 rings (SSSR count). The fraction of sp³-hybridized carbons (Fsp3) is 0.579. The Morgan fingerprint density at radius 2 is 1.52 bits per heavy atom. The van der Waals surface area contributed by atoms with Crippen molar-refractivity contribution in [3.63, 3.8) is 0 Å². The van der Waals surface area contributed by atoms with Gasteiger partial charge in [-0.25, -0.2) is 4.79 Å². The van der Waals surface area contributed by atoms with Crippen molar-refractivity contribution < 1.29 is 19.1 Å². The molecule has 0 heterocycles. The summed E-state index contributed by atoms with van der Waals surface area (Å²) < 4.78 is 10.7. The van der Waals surface area contributed by atoms with Gasteiger partial charge < -0.3 is 9.47 Å². The summed E-state index contributed by atoms with van der Waals surface area (Å²) >= 11 is 0. The molecule has 0 bridgehead atoms. The lowest BCUT2D eigenvalue weighted by atomic mass is 9.99. The van der Waals surface area contributed by atoms with E-state index >= 15 is 0 Å². The van der Waals surface area contributed by atoms with Gasteiger partial charge in [-0.2, -0.15) is 0 Å². The van der Waals surface area contributed by atoms with Gasteiger partial charge in [-0.1, -0.05) is 18.6 Å². The van der Waals surface area contributed by atoms with Crippen molar-refractivity contribution >= 4 is 11.8 Å². The average molecular weight is 318 g/mol. The van der Waals surface area contributed by atoms with Crippen LogP contribution in [0.5, 0.6) is 0 Å². The molecule has 1 aliphatic carbocycles. The number of hydrogen-bond donors (Lipinski definition) is 0. The molecule has 4 nitrogen and oxygen atoms in total. The summed E-state index contributed by atoms with van der Waals surface area (Å²) in [7, 11) is 1.75. The van der Waals surface area contributed by atoms with E-state index in [1.165, 1.54) is 19.8 Å². The van der Waals surface area contributed by atoms with Gasteiger partial charge in [0.1, 0.15) is 0 Å². The third-order valence-corrected chi connectivity index (χ3v) is 4.59. The summed E-state index contributed by atoms with van der Waals surface area (Å²) in [5.41, 5.74) is 1.11. The van der Waals surface area contributed by atoms with Crippen molar-refractivity contribution in [1.82, 2.24) is 0 Å². The molecule has 4 heteroatoms. The second kappa shape index (κ2) is 8.82. The molecule has 2 unspecified atom stereocenters. The topological polar surface area (TPSA) is 52.6 Å². The van der Waals surface area contributed by atoms with Crippen LogP contribution in [0.3, 0.4) is 0 Å². The molecule has 1 aromatic carbocycles. The number of Topliss-reactive ketones (excluding diaryl/α,β-unsaturated/α-hetero) is 1. The molecule has 126 valence electrons. The van der Waals surface area contributed by atoms with Crippen LogP contribution in [0.2, 0.25) is 0 Å². The highest BCUT2D eigenvalue weighted by Gasteiger charge is 2.20. The maximum absolute atomic E-state index is 12.1. The SMILES string of the molecule is COCC1CCCC(COC(=O)c2ccc(C(C)=O)cc2)CC1. The van der Waals surface area contributed by atoms with Gasteiger partial charge in [0.25, 0.3) is 0 Å². The molecule has 0 aliphatic heterocycles. The van der Waals surface area contributed by atoms with Crippen LogP contribution in [-0.2, 0) is 9.47 Å². The predicted octanol–water partition coefficient (Wildman–Crippen LogP) is 3.89. The van der Waals surface area contributed by atoms with Crippen molar-refractivity contribution in [2.24, 2.45) is 11.8 Å². The van der Waals surface area contributed by atoms with Crippen molar-refractivity contribution in [3.05, 3.63) is 35.4 Å². The van der Waals surface area contributed by atoms with Crippen LogP contribution in [0.1, 0.15) is 59.7 Å². The normalized spacial score (nSPS) is 21.5. The molecule has 0 spiro atoms. The first-order valence-corrected chi connectivity index (χ1v) is 8.37. The lowest BCUT2D eigenvalue weighted by molar-refractivity contribution is 0.0425. The van der Waals surface area contributed by atoms with E-state index in [1.54, 1.807) is 31.4 Å². The summed E-state index contributed by atoms with van der Waals surface area (Å²) in [4.78, 5) is 23.3. The number of benzene rings is 1. The van der Waals surface area contributed by atoms with Crippen LogP contribution in [0.4, 0.5) is 0 Å². The maximum atomic E-state index is 12.1. The number of carbonyl (C=O) groups excluding carboxylic acids is 2. The summed E-state index contributed by atoms with van der Waals surface area (Å²) in [5, 5.41) is 0. The summed E-state index contributed by atoms with van der Waals surface area (Å²) in [5.74, 6) is 0.768. The fourth-order valence-electron chi connectivity index (χ4n) is 3.14. The molecule has 1 aliphatic rings. The first kappa shape index (κ1) is 17.7. The molecule has 1 fully saturated rings. The minimum Gasteiger partial charge on any atom is -0.462 e. The fourth-order valence-corrected chi connectivity index (χ4v) is 3.14. The number of ketones is 1. The predicted molar refractivity (Wildman–Crippen MR) is 88.7 cm³/mol. The zero-order chi connectivity index (χ0) is 16.7. The monoisotopic (exact) mass is 318 g/mol. The van der Waals surface area contributed by atoms with Crippen LogP contribution in [0.25, 0.3) is 0 Å². The Morgan fingerprint density at radius 3 is 2.09 bits per heavy atom. The van der Waals surface area contributed by atoms with E-state index in [-0.39, 0.29) is 11.8 Å². The van der Waals surface area contributed by atoms with E-state index in [9.17, 15) is 9.59 Å². The Balaban J connectivity index is 1.80. The number of carbonyl (C=O) groups is 2. The van der Waals surface area contributed by atoms with Crippen LogP contribution < -0.4 is 0 Å². The molecule has 1 saturated carbocycles. The Bertz CT molecular complexity index is 521. The lowest BCUT2D eigenvalue weighted by Gasteiger charge is -2.15. The van der Waals surface area contributed by atoms with Gasteiger partial charge in [-0.05, 0) is 56.6 Å². The van der Waals surface area contributed by atoms with Gasteiger partial charge in [0.2, 0.25) is 0 Å². The molecule has 0 amide bonds. The smallest absolute Gasteiger partial charge is 0.338 e. The zero-order valence-electron chi connectivity index (χ0n) is 14.0. The van der Waals surface area contributed by atoms with E-state index in [2.05, 4.69) is 0 Å². The second-order valence-corrected chi connectivity index (χ2v) is 6.43. The molecule has 0 radical (unpaired) electrons. The number of ether oxygens (including phenoxy) is 2. The lowest BCUT2D eigenvalue weighted by Crippen LogP contribution is -2.14. The van der Waals surface area contributed by atoms with Crippen LogP contribution in [0, 0.1) is 11.8 Å². The molecule has 0 N–H and O–H groups in total. The third-order valence-electron chi connectivity index (χ3n) is 4.59. The van der Waals surface area contributed by atoms with Gasteiger partial charge in [-0.15, -0.1) is 0 Å². The standard InChI is InChI=1S/C19H26O4/c1-14(20)17-8-10-18(11-9-17)19(21)23-13-16-5-3-4-15(6-7-16)12-22-2/h8-11,15-16H,3-7,12-13H2,1-2H3. The summed E-state index contributed by atoms with van der Waals surface area (Å²) in [6.07, 6.45) is 5.71. The Labute approximate surface area is 138 Å². The van der Waals surface area contributed by atoms with E-state index < -0.39 is 0 Å². The largest absolute Gasteiger partial charge is 0.462 e. The Hall–Kier alpha value is -1.68. The molecule has 23 heavy (non-hydrogen) atoms. The summed E-state index contributed by atoms with van der Waals surface area (Å²) in [6, 6.07) is 6.64. The van der Waals surface area contributed by atoms with Gasteiger partial charge >= 0.3 is 5.97 Å². The van der Waals surface area contributed by atoms with Crippen molar-refractivity contribution in [1.29, 1.82) is 0 Å². The Kier molecular flexibility index (Phi) is 6.78. The van der Waals surface area contributed by atoms with E-state index in [0.717, 1.165) is 25.9 Å². The molecule has 0 aromatic heterocycles. The number of rotatable bonds is 6. The number of hydrogen-bond acceptors (Lipinski definition) is 4. The van der Waals surface area contributed by atoms with Crippen LogP contribution in [-0.4, -0.2) is 32.1 Å². The molecule has 1 aromatic rings. The summed E-state index contributed by atoms with van der Waals surface area (Å²) in [6.45, 7) is 2.82. The first-order chi connectivity index (χ1) is 11.1. The van der Waals surface area contributed by atoms with Gasteiger partial charge in [-0.3, -0.25) is 4.79 Å². The molecular weight excluding hydrogens is 292 g/mol. The van der Waals surface area contributed by atoms with Crippen molar-refractivity contribution in [2.75, 3.05) is 20.3 Å². The maximum Gasteiger partial charge on any atom is 0.338 e. The zero-order valence-corrected chi connectivity index (χ0v) is 14.0. The first-order valence-electron chi connectivity index (χ1n) is 8.37. The van der Waals surface area contributed by atoms with E-state index in [4.69, 9.17) is 9.47 Å². The minimum atomic E-state index is -0.308. The molecular formula is C19H26O4. The van der Waals surface area contributed by atoms with E-state index in [1.807, 2.05) is 0 Å². The second-order valence-electron chi connectivity index (χ2n) is 6.43. The average Bonchev–Trinajstić information content (AvgIpc) is 2.78. The highest BCUT2D eigenvalue weighted by atomic mass is 16.5. The number of esters is 1. The van der Waals surface area contributed by atoms with Crippen LogP contribution in [0.15, 0.2) is 24.3 Å². The highest BCUT2D eigenvalue weighted by Crippen LogP contribution is 2.27. The quantitative estimate of drug-likeness (QED) is 0.453.